The quantitative estimate of drug-likeness (QED) is 0.606. The number of nitro groups is 1. The van der Waals surface area contributed by atoms with E-state index in [4.69, 9.17) is 9.63 Å². The molecule has 0 fully saturated rings. The van der Waals surface area contributed by atoms with E-state index in [-0.39, 0.29) is 16.9 Å². The minimum atomic E-state index is -1.17. The second-order valence-corrected chi connectivity index (χ2v) is 4.20. The fraction of sp³-hybridized carbons (Fsp3) is 0.250. The van der Waals surface area contributed by atoms with E-state index in [1.807, 2.05) is 0 Å². The number of nitro benzene ring substituents is 1. The summed E-state index contributed by atoms with van der Waals surface area (Å²) in [4.78, 5) is 25.2. The molecule has 9 heteroatoms. The van der Waals surface area contributed by atoms with Crippen molar-refractivity contribution in [3.63, 3.8) is 0 Å². The molecule has 0 amide bonds. The van der Waals surface area contributed by atoms with Crippen molar-refractivity contribution in [2.45, 2.75) is 13.3 Å². The molecule has 0 bridgehead atoms. The molecule has 2 aromatic rings. The van der Waals surface area contributed by atoms with E-state index in [0.29, 0.717) is 24.7 Å². The van der Waals surface area contributed by atoms with Crippen molar-refractivity contribution in [3.05, 3.63) is 45.6 Å². The van der Waals surface area contributed by atoms with Gasteiger partial charge in [0.2, 0.25) is 5.89 Å². The summed E-state index contributed by atoms with van der Waals surface area (Å²) in [5, 5.41) is 26.3. The fourth-order valence-corrected chi connectivity index (χ4v) is 1.72. The third kappa shape index (κ3) is 3.53. The van der Waals surface area contributed by atoms with E-state index in [1.54, 1.807) is 6.92 Å². The van der Waals surface area contributed by atoms with Crippen molar-refractivity contribution in [3.8, 4) is 0 Å². The van der Waals surface area contributed by atoms with Crippen LogP contribution in [0.1, 0.15) is 22.1 Å². The van der Waals surface area contributed by atoms with Crippen molar-refractivity contribution >= 4 is 17.3 Å². The molecular formula is C12H12N4O5. The number of benzene rings is 1. The molecule has 2 N–H and O–H groups in total. The van der Waals surface area contributed by atoms with Crippen molar-refractivity contribution in [1.82, 2.24) is 10.1 Å². The predicted octanol–water partition coefficient (Wildman–Crippen LogP) is 1.64. The number of anilines is 1. The Morgan fingerprint density at radius 1 is 1.52 bits per heavy atom. The third-order valence-electron chi connectivity index (χ3n) is 2.67. The highest BCUT2D eigenvalue weighted by molar-refractivity contribution is 5.94. The van der Waals surface area contributed by atoms with Crippen LogP contribution in [0.2, 0.25) is 0 Å². The Morgan fingerprint density at radius 2 is 2.29 bits per heavy atom. The number of aromatic nitrogens is 2. The predicted molar refractivity (Wildman–Crippen MR) is 71.3 cm³/mol. The number of hydrogen-bond acceptors (Lipinski definition) is 7. The van der Waals surface area contributed by atoms with Crippen LogP contribution in [-0.2, 0) is 6.42 Å². The molecule has 0 radical (unpaired) electrons. The van der Waals surface area contributed by atoms with Gasteiger partial charge < -0.3 is 14.9 Å². The molecule has 0 spiro atoms. The number of nitrogens with zero attached hydrogens (tertiary/aromatic N) is 3. The number of hydrogen-bond donors (Lipinski definition) is 2. The van der Waals surface area contributed by atoms with E-state index in [1.165, 1.54) is 12.1 Å². The van der Waals surface area contributed by atoms with Crippen molar-refractivity contribution in [2.24, 2.45) is 0 Å². The Labute approximate surface area is 118 Å². The second-order valence-electron chi connectivity index (χ2n) is 4.20. The topological polar surface area (TPSA) is 131 Å². The maximum atomic E-state index is 11.1. The maximum Gasteiger partial charge on any atom is 0.337 e. The van der Waals surface area contributed by atoms with Crippen LogP contribution in [-0.4, -0.2) is 32.7 Å². The molecule has 1 aromatic carbocycles. The first kappa shape index (κ1) is 14.4. The zero-order valence-electron chi connectivity index (χ0n) is 11.1. The number of nitrogens with one attached hydrogen (secondary N) is 1. The first-order valence-corrected chi connectivity index (χ1v) is 6.02. The molecule has 110 valence electrons. The largest absolute Gasteiger partial charge is 0.478 e. The van der Waals surface area contributed by atoms with Gasteiger partial charge in [0.05, 0.1) is 16.2 Å². The molecular weight excluding hydrogens is 280 g/mol. The summed E-state index contributed by atoms with van der Waals surface area (Å²) >= 11 is 0. The molecule has 0 aliphatic heterocycles. The highest BCUT2D eigenvalue weighted by Gasteiger charge is 2.15. The minimum absolute atomic E-state index is 0.0395. The molecule has 0 atom stereocenters. The van der Waals surface area contributed by atoms with Gasteiger partial charge >= 0.3 is 5.97 Å². The van der Waals surface area contributed by atoms with E-state index >= 15 is 0 Å². The summed E-state index contributed by atoms with van der Waals surface area (Å²) in [5.41, 5.74) is -0.0496. The number of aryl methyl sites for hydroxylation is 1. The van der Waals surface area contributed by atoms with Crippen molar-refractivity contribution < 1.29 is 19.3 Å². The molecule has 21 heavy (non-hydrogen) atoms. The zero-order chi connectivity index (χ0) is 15.4. The van der Waals surface area contributed by atoms with Crippen LogP contribution >= 0.6 is 0 Å². The average Bonchev–Trinajstić information content (AvgIpc) is 2.84. The van der Waals surface area contributed by atoms with E-state index < -0.39 is 10.9 Å². The summed E-state index contributed by atoms with van der Waals surface area (Å²) in [6.07, 6.45) is 0.378. The van der Waals surface area contributed by atoms with Crippen molar-refractivity contribution in [2.75, 3.05) is 11.9 Å². The summed E-state index contributed by atoms with van der Waals surface area (Å²) < 4.78 is 4.92. The lowest BCUT2D eigenvalue weighted by atomic mass is 10.1. The Balaban J connectivity index is 2.11. The smallest absolute Gasteiger partial charge is 0.337 e. The molecule has 1 aromatic heterocycles. The normalized spacial score (nSPS) is 10.3. The lowest BCUT2D eigenvalue weighted by molar-refractivity contribution is -0.384. The molecule has 1 heterocycles. The van der Waals surface area contributed by atoms with Gasteiger partial charge in [0.25, 0.3) is 5.69 Å². The highest BCUT2D eigenvalue weighted by atomic mass is 16.6. The number of non-ortho nitro benzene ring substituents is 1. The van der Waals surface area contributed by atoms with E-state index in [9.17, 15) is 14.9 Å². The van der Waals surface area contributed by atoms with Gasteiger partial charge in [0.15, 0.2) is 5.82 Å². The average molecular weight is 292 g/mol. The summed E-state index contributed by atoms with van der Waals surface area (Å²) in [6.45, 7) is 1.99. The number of carboxylic acids is 1. The van der Waals surface area contributed by atoms with E-state index in [2.05, 4.69) is 15.5 Å². The molecule has 0 aliphatic carbocycles. The van der Waals surface area contributed by atoms with Gasteiger partial charge in [-0.25, -0.2) is 4.79 Å². The van der Waals surface area contributed by atoms with Crippen LogP contribution in [0.4, 0.5) is 11.4 Å². The second kappa shape index (κ2) is 5.99. The number of carbonyl (C=O) groups is 1. The van der Waals surface area contributed by atoms with Crippen LogP contribution in [0.5, 0.6) is 0 Å². The maximum absolute atomic E-state index is 11.1. The van der Waals surface area contributed by atoms with Crippen LogP contribution < -0.4 is 5.32 Å². The first-order valence-electron chi connectivity index (χ1n) is 6.02. The fourth-order valence-electron chi connectivity index (χ4n) is 1.72. The van der Waals surface area contributed by atoms with Gasteiger partial charge in [-0.15, -0.1) is 0 Å². The van der Waals surface area contributed by atoms with Gasteiger partial charge in [-0.1, -0.05) is 5.16 Å². The summed E-state index contributed by atoms with van der Waals surface area (Å²) in [5.74, 6) is -0.255. The summed E-state index contributed by atoms with van der Waals surface area (Å²) in [7, 11) is 0. The highest BCUT2D eigenvalue weighted by Crippen LogP contribution is 2.22. The van der Waals surface area contributed by atoms with Gasteiger partial charge in [-0.2, -0.15) is 4.98 Å². The number of carboxylic acid groups (broad SMARTS) is 1. The van der Waals surface area contributed by atoms with E-state index in [0.717, 1.165) is 6.07 Å². The number of rotatable bonds is 6. The van der Waals surface area contributed by atoms with Crippen LogP contribution in [0.15, 0.2) is 22.7 Å². The molecule has 0 saturated carbocycles. The Kier molecular flexibility index (Phi) is 4.12. The molecule has 0 saturated heterocycles. The van der Waals surface area contributed by atoms with Gasteiger partial charge in [-0.05, 0) is 13.0 Å². The van der Waals surface area contributed by atoms with Crippen LogP contribution in [0.25, 0.3) is 0 Å². The zero-order valence-corrected chi connectivity index (χ0v) is 11.1. The lowest BCUT2D eigenvalue weighted by Crippen LogP contribution is -2.10. The first-order chi connectivity index (χ1) is 9.97. The van der Waals surface area contributed by atoms with Gasteiger partial charge in [0, 0.05) is 25.1 Å². The lowest BCUT2D eigenvalue weighted by Gasteiger charge is -2.08. The Bertz CT molecular complexity index is 682. The molecule has 2 rings (SSSR count). The molecule has 9 nitrogen and oxygen atoms in total. The Hall–Kier alpha value is -2.97. The standard InChI is InChI=1S/C12H12N4O5/c1-7-14-11(21-15-7)4-5-13-10-6-8(16(19)20)2-3-9(10)12(17)18/h2-3,6,13H,4-5H2,1H3,(H,17,18). The van der Waals surface area contributed by atoms with Gasteiger partial charge in [-0.3, -0.25) is 10.1 Å². The monoisotopic (exact) mass is 292 g/mol. The summed E-state index contributed by atoms with van der Waals surface area (Å²) in [6, 6.07) is 3.53. The third-order valence-corrected chi connectivity index (χ3v) is 2.67. The molecule has 0 unspecified atom stereocenters. The molecule has 0 aliphatic rings. The Morgan fingerprint density at radius 3 is 2.86 bits per heavy atom. The van der Waals surface area contributed by atoms with Crippen LogP contribution in [0, 0.1) is 17.0 Å². The van der Waals surface area contributed by atoms with Crippen molar-refractivity contribution in [1.29, 1.82) is 0 Å². The van der Waals surface area contributed by atoms with Gasteiger partial charge in [0.1, 0.15) is 0 Å². The van der Waals surface area contributed by atoms with Crippen LogP contribution in [0.3, 0.4) is 0 Å². The number of aromatic carboxylic acids is 1. The minimum Gasteiger partial charge on any atom is -0.478 e. The SMILES string of the molecule is Cc1noc(CCNc2cc([N+](=O)[O-])ccc2C(=O)O)n1.